The van der Waals surface area contributed by atoms with Crippen LogP contribution in [0.5, 0.6) is 0 Å². The second-order valence-corrected chi connectivity index (χ2v) is 7.75. The van der Waals surface area contributed by atoms with Crippen LogP contribution in [0.3, 0.4) is 0 Å². The molecule has 1 aliphatic carbocycles. The molecule has 1 atom stereocenters. The number of fused-ring (bicyclic) bond motifs is 3. The van der Waals surface area contributed by atoms with Gasteiger partial charge in [0.1, 0.15) is 6.10 Å². The van der Waals surface area contributed by atoms with Gasteiger partial charge < -0.3 is 15.0 Å². The van der Waals surface area contributed by atoms with Crippen molar-refractivity contribution in [1.82, 2.24) is 0 Å². The van der Waals surface area contributed by atoms with Gasteiger partial charge in [0.2, 0.25) is 0 Å². The number of hydrogen-bond acceptors (Lipinski definition) is 5. The van der Waals surface area contributed by atoms with Crippen LogP contribution in [-0.4, -0.2) is 54.8 Å². The number of ether oxygens (including phenoxy) is 2. The average molecular weight is 474 g/mol. The molecule has 0 heterocycles. The number of nitrogens with zero attached hydrogens (tertiary/aromatic N) is 2. The van der Waals surface area contributed by atoms with E-state index in [0.717, 1.165) is 22.3 Å². The van der Waals surface area contributed by atoms with E-state index in [2.05, 4.69) is 4.79 Å². The van der Waals surface area contributed by atoms with Gasteiger partial charge in [-0.3, -0.25) is 9.35 Å². The fraction of sp³-hybridized carbons (Fsp3) is 0.300. The van der Waals surface area contributed by atoms with Gasteiger partial charge in [0.15, 0.2) is 0 Å². The van der Waals surface area contributed by atoms with Gasteiger partial charge in [-0.25, -0.2) is 0 Å². The predicted octanol–water partition coefficient (Wildman–Crippen LogP) is 3.71. The summed E-state index contributed by atoms with van der Waals surface area (Å²) < 4.78 is 67.0. The van der Waals surface area contributed by atoms with Crippen molar-refractivity contribution in [2.45, 2.75) is 25.5 Å². The standard InChI is InChI=1S/C13H8N2.C6H12O3.CHF3O3S/c14-15-13-11-7-3-1-5-9(11)10-6-2-4-8-12(10)13;1-5(4-8-3)9-6(2)7;2-1(3,4)8(5,6)7/h1-8H;5H,4H2,1-3H3;(H,5,6,7). The molecule has 0 aliphatic heterocycles. The first-order chi connectivity index (χ1) is 14.8. The van der Waals surface area contributed by atoms with E-state index in [-0.39, 0.29) is 12.1 Å². The highest BCUT2D eigenvalue weighted by Gasteiger charge is 2.44. The molecule has 174 valence electrons. The largest absolute Gasteiger partial charge is 0.522 e. The van der Waals surface area contributed by atoms with Gasteiger partial charge in [-0.2, -0.15) is 26.4 Å². The van der Waals surface area contributed by atoms with Crippen molar-refractivity contribution < 1.29 is 45.2 Å². The fourth-order valence-corrected chi connectivity index (χ4v) is 2.65. The number of carbonyl (C=O) groups is 1. The highest BCUT2D eigenvalue weighted by molar-refractivity contribution is 7.86. The van der Waals surface area contributed by atoms with Gasteiger partial charge in [0.05, 0.1) is 17.7 Å². The van der Waals surface area contributed by atoms with Gasteiger partial charge in [0.25, 0.3) is 0 Å². The second kappa shape index (κ2) is 11.5. The van der Waals surface area contributed by atoms with Crippen molar-refractivity contribution in [3.05, 3.63) is 65.2 Å². The second-order valence-electron chi connectivity index (χ2n) is 6.34. The van der Waals surface area contributed by atoms with Crippen LogP contribution in [0.1, 0.15) is 25.0 Å². The number of halogens is 3. The molecule has 0 spiro atoms. The minimum Gasteiger partial charge on any atom is -0.460 e. The normalized spacial score (nSPS) is 12.7. The lowest BCUT2D eigenvalue weighted by Crippen LogP contribution is -2.21. The maximum absolute atomic E-state index is 10.7. The molecule has 1 aliphatic rings. The zero-order valence-corrected chi connectivity index (χ0v) is 18.1. The maximum atomic E-state index is 10.7. The molecule has 1 N–H and O–H groups in total. The first-order valence-electron chi connectivity index (χ1n) is 8.94. The zero-order chi connectivity index (χ0) is 24.5. The van der Waals surface area contributed by atoms with Crippen molar-refractivity contribution in [3.8, 4) is 11.1 Å². The van der Waals surface area contributed by atoms with Crippen LogP contribution in [0, 0.1) is 0 Å². The Balaban J connectivity index is 0.000000262. The summed E-state index contributed by atoms with van der Waals surface area (Å²) in [7, 11) is -4.27. The Morgan fingerprint density at radius 1 is 1.06 bits per heavy atom. The Kier molecular flexibility index (Phi) is 9.73. The lowest BCUT2D eigenvalue weighted by atomic mass is 10.1. The van der Waals surface area contributed by atoms with E-state index < -0.39 is 15.6 Å². The van der Waals surface area contributed by atoms with Crippen molar-refractivity contribution in [3.63, 3.8) is 0 Å². The predicted molar refractivity (Wildman–Crippen MR) is 109 cm³/mol. The summed E-state index contributed by atoms with van der Waals surface area (Å²) in [6.07, 6.45) is -0.132. The highest BCUT2D eigenvalue weighted by Crippen LogP contribution is 2.35. The third kappa shape index (κ3) is 7.57. The molecule has 2 aromatic carbocycles. The van der Waals surface area contributed by atoms with Gasteiger partial charge in [-0.1, -0.05) is 36.4 Å². The Morgan fingerprint density at radius 2 is 1.44 bits per heavy atom. The monoisotopic (exact) mass is 474 g/mol. The first-order valence-corrected chi connectivity index (χ1v) is 10.4. The van der Waals surface area contributed by atoms with Crippen LogP contribution in [0.25, 0.3) is 16.7 Å². The first kappa shape index (κ1) is 27.0. The van der Waals surface area contributed by atoms with Gasteiger partial charge in [0, 0.05) is 14.0 Å². The Labute approximate surface area is 183 Å². The van der Waals surface area contributed by atoms with Crippen LogP contribution in [0.2, 0.25) is 0 Å². The van der Waals surface area contributed by atoms with Crippen LogP contribution >= 0.6 is 0 Å². The van der Waals surface area contributed by atoms with E-state index >= 15 is 0 Å². The number of benzene rings is 2. The number of methoxy groups -OCH3 is 1. The SMILES string of the molecule is COCC(C)OC(C)=O.O=S(=O)(O)C(F)(F)F.[N-]=[N+]=C1c2ccccc2-c2ccccc21. The summed E-state index contributed by atoms with van der Waals surface area (Å²) in [6, 6.07) is 15.9. The molecule has 8 nitrogen and oxygen atoms in total. The summed E-state index contributed by atoms with van der Waals surface area (Å²) >= 11 is 0. The van der Waals surface area contributed by atoms with Crippen molar-refractivity contribution in [2.24, 2.45) is 0 Å². The van der Waals surface area contributed by atoms with Crippen LogP contribution < -0.4 is 0 Å². The number of hydrogen-bond donors (Lipinski definition) is 1. The molecule has 1 unspecified atom stereocenters. The van der Waals surface area contributed by atoms with E-state index in [1.807, 2.05) is 48.5 Å². The Hall–Kier alpha value is -3.05. The molecular weight excluding hydrogens is 453 g/mol. The molecule has 0 amide bonds. The lowest BCUT2D eigenvalue weighted by molar-refractivity contribution is -0.147. The quantitative estimate of drug-likeness (QED) is 0.203. The Morgan fingerprint density at radius 3 is 1.72 bits per heavy atom. The maximum Gasteiger partial charge on any atom is 0.522 e. The molecule has 3 rings (SSSR count). The van der Waals surface area contributed by atoms with E-state index in [9.17, 15) is 18.0 Å². The molecule has 0 saturated carbocycles. The molecule has 2 aromatic rings. The van der Waals surface area contributed by atoms with E-state index in [0.29, 0.717) is 12.3 Å². The Bertz CT molecular complexity index is 1050. The summed E-state index contributed by atoms with van der Waals surface area (Å²) in [6.45, 7) is 3.62. The third-order valence-electron chi connectivity index (χ3n) is 3.82. The minimum atomic E-state index is -5.84. The third-order valence-corrected chi connectivity index (χ3v) is 4.40. The van der Waals surface area contributed by atoms with Crippen molar-refractivity contribution in [2.75, 3.05) is 13.7 Å². The van der Waals surface area contributed by atoms with Crippen LogP contribution in [0.4, 0.5) is 13.2 Å². The summed E-state index contributed by atoms with van der Waals surface area (Å²) in [5.74, 6) is -0.264. The molecular formula is C20H21F3N2O6S. The number of esters is 1. The topological polar surface area (TPSA) is 126 Å². The smallest absolute Gasteiger partial charge is 0.460 e. The van der Waals surface area contributed by atoms with Gasteiger partial charge in [-0.05, 0) is 30.2 Å². The number of carbonyl (C=O) groups excluding carboxylic acids is 1. The average Bonchev–Trinajstić information content (AvgIpc) is 3.01. The molecule has 12 heteroatoms. The lowest BCUT2D eigenvalue weighted by Gasteiger charge is -2.08. The van der Waals surface area contributed by atoms with Crippen molar-refractivity contribution in [1.29, 1.82) is 0 Å². The van der Waals surface area contributed by atoms with E-state index in [1.165, 1.54) is 6.92 Å². The zero-order valence-electron chi connectivity index (χ0n) is 17.3. The molecule has 0 aromatic heterocycles. The van der Waals surface area contributed by atoms with Gasteiger partial charge in [-0.15, -0.1) is 0 Å². The molecule has 32 heavy (non-hydrogen) atoms. The molecule has 0 radical (unpaired) electrons. The summed E-state index contributed by atoms with van der Waals surface area (Å²) in [5, 5.41) is 0. The van der Waals surface area contributed by atoms with E-state index in [1.54, 1.807) is 14.0 Å². The number of alkyl halides is 3. The fourth-order valence-electron chi connectivity index (χ4n) is 2.65. The minimum absolute atomic E-state index is 0.132. The number of rotatable bonds is 3. The molecule has 0 bridgehead atoms. The summed E-state index contributed by atoms with van der Waals surface area (Å²) in [4.78, 5) is 13.6. The van der Waals surface area contributed by atoms with E-state index in [4.69, 9.17) is 28.0 Å². The molecule has 0 fully saturated rings. The van der Waals surface area contributed by atoms with Crippen LogP contribution in [-0.2, 0) is 24.4 Å². The van der Waals surface area contributed by atoms with Gasteiger partial charge >= 0.3 is 27.3 Å². The van der Waals surface area contributed by atoms with Crippen molar-refractivity contribution >= 4 is 21.8 Å². The molecule has 0 saturated heterocycles. The highest BCUT2D eigenvalue weighted by atomic mass is 32.2. The summed E-state index contributed by atoms with van der Waals surface area (Å²) in [5.41, 5.74) is 8.46. The van der Waals surface area contributed by atoms with Crippen LogP contribution in [0.15, 0.2) is 48.5 Å².